The average molecular weight is 1260 g/mol. The fourth-order valence-electron chi connectivity index (χ4n) is 8.33. The number of phosphoric acid groups is 3. The van der Waals surface area contributed by atoms with Crippen LogP contribution in [0.5, 0.6) is 0 Å². The van der Waals surface area contributed by atoms with Crippen molar-refractivity contribution in [3.63, 3.8) is 0 Å². The fourth-order valence-corrected chi connectivity index (χ4v) is 12.2. The Morgan fingerprint density at radius 3 is 2.17 bits per heavy atom. The maximum Gasteiger partial charge on any atom is 0.481 e. The van der Waals surface area contributed by atoms with E-state index in [1.165, 1.54) is 30.9 Å². The first kappa shape index (κ1) is 68.9. The number of imide groups is 2. The molecule has 3 aliphatic heterocycles. The van der Waals surface area contributed by atoms with Crippen molar-refractivity contribution in [3.8, 4) is 0 Å². The molecule has 83 heavy (non-hydrogen) atoms. The minimum Gasteiger partial charge on any atom is -0.386 e. The lowest BCUT2D eigenvalue weighted by molar-refractivity contribution is -0.139. The largest absolute Gasteiger partial charge is 0.481 e. The number of hydrogen-bond donors (Lipinski definition) is 9. The van der Waals surface area contributed by atoms with Gasteiger partial charge in [0.1, 0.15) is 47.8 Å². The number of fused-ring (bicyclic) bond motifs is 1. The number of amides is 6. The lowest BCUT2D eigenvalue weighted by Gasteiger charge is -2.30. The van der Waals surface area contributed by atoms with E-state index < -0.39 is 95.7 Å². The molecule has 2 fully saturated rings. The number of aliphatic hydroxyl groups excluding tert-OH is 2. The van der Waals surface area contributed by atoms with E-state index in [1.54, 1.807) is 0 Å². The number of carbonyl (C=O) groups is 8. The summed E-state index contributed by atoms with van der Waals surface area (Å²) < 4.78 is 73.5. The van der Waals surface area contributed by atoms with Gasteiger partial charge in [-0.25, -0.2) is 28.6 Å². The van der Waals surface area contributed by atoms with E-state index in [0.29, 0.717) is 51.9 Å². The molecule has 0 aromatic carbocycles. The number of Topliss-reactive ketones (excluding diaryl/α,β-unsaturated/α-hetero) is 2. The minimum absolute atomic E-state index is 0.0104. The normalized spacial score (nSPS) is 21.2. The smallest absolute Gasteiger partial charge is 0.386 e. The maximum absolute atomic E-state index is 12.9. The van der Waals surface area contributed by atoms with Crippen LogP contribution >= 0.6 is 35.2 Å². The van der Waals surface area contributed by atoms with Gasteiger partial charge < -0.3 is 60.4 Å². The third-order valence-corrected chi connectivity index (χ3v) is 17.1. The summed E-state index contributed by atoms with van der Waals surface area (Å²) in [6, 6.07) is 0. The van der Waals surface area contributed by atoms with E-state index in [9.17, 15) is 81.8 Å². The molecule has 33 nitrogen and oxygen atoms in total. The molecule has 0 spiro atoms. The standard InChI is InChI=1S/C46H70N9O24P3S/c1-46(2,26-76-82(71,72)79-81(69,70)75-25-31-39(78-80(66,67)68)38(62)45(77-31)55-28-52-37-41(47)50-27-51-42(37)55)40(63)43(64)49-15-13-33(58)48-16-23-83-32-24-36(61)54(44(32)65)18-6-9-30(57)14-20-74-22-21-73-19-7-10-29(56)8-4-3-5-17-53-34(59)11-12-35(53)60/h11-12,27-28,31-32,38-40,45,62-63H,3-10,13-26H2,1-2H3,(H,48,58)(H,49,64)(H,69,70)(H,71,72)(H2,47,50,51)(H2,66,67,68)/t31-,32?,38+,39?,40+,45-/m1/s1. The van der Waals surface area contributed by atoms with Crippen molar-refractivity contribution < 1.29 is 114 Å². The van der Waals surface area contributed by atoms with E-state index in [0.717, 1.165) is 40.3 Å². The molecule has 37 heteroatoms. The minimum atomic E-state index is -5.63. The van der Waals surface area contributed by atoms with E-state index in [2.05, 4.69) is 34.4 Å². The number of aromatic nitrogens is 4. The van der Waals surface area contributed by atoms with Crippen molar-refractivity contribution in [3.05, 3.63) is 24.8 Å². The Balaban J connectivity index is 0.877. The highest BCUT2D eigenvalue weighted by molar-refractivity contribution is 8.00. The van der Waals surface area contributed by atoms with Crippen molar-refractivity contribution in [2.24, 2.45) is 5.41 Å². The van der Waals surface area contributed by atoms with E-state index in [1.807, 2.05) is 0 Å². The molecule has 4 unspecified atom stereocenters. The van der Waals surface area contributed by atoms with Crippen molar-refractivity contribution >= 4 is 99.2 Å². The summed E-state index contributed by atoms with van der Waals surface area (Å²) in [7, 11) is -16.6. The van der Waals surface area contributed by atoms with Crippen molar-refractivity contribution in [2.75, 3.05) is 77.3 Å². The van der Waals surface area contributed by atoms with Crippen LogP contribution in [0, 0.1) is 5.41 Å². The highest BCUT2D eigenvalue weighted by Gasteiger charge is 2.50. The van der Waals surface area contributed by atoms with Gasteiger partial charge in [0.2, 0.25) is 23.6 Å². The SMILES string of the molecule is CC(C)(COP(=O)(O)OP(=O)(O)OC[C@H]1O[C@@H](n2cnc3c(N)ncnc32)[C@@H](O)C1OP(=O)(O)O)[C@@H](O)C(=O)NCCC(=O)NCCSC1CC(=O)N(CCCC(=O)CCOCCOCCCC(=O)CCCCCN2C(=O)C=CC2=O)C1=O. The van der Waals surface area contributed by atoms with Crippen LogP contribution in [0.15, 0.2) is 24.8 Å². The molecular weight excluding hydrogens is 1190 g/mol. The Morgan fingerprint density at radius 1 is 0.807 bits per heavy atom. The lowest BCUT2D eigenvalue weighted by atomic mass is 9.87. The number of ether oxygens (including phenoxy) is 3. The molecule has 0 bridgehead atoms. The summed E-state index contributed by atoms with van der Waals surface area (Å²) in [6.45, 7) is 1.68. The van der Waals surface area contributed by atoms with Crippen LogP contribution in [0.1, 0.15) is 90.7 Å². The van der Waals surface area contributed by atoms with Gasteiger partial charge in [-0.2, -0.15) is 4.31 Å². The molecule has 2 aromatic rings. The van der Waals surface area contributed by atoms with Gasteiger partial charge in [-0.3, -0.25) is 66.3 Å². The Kier molecular flexibility index (Phi) is 26.6. The third-order valence-electron chi connectivity index (χ3n) is 12.7. The monoisotopic (exact) mass is 1260 g/mol. The quantitative estimate of drug-likeness (QED) is 0.0238. The molecule has 2 aromatic heterocycles. The van der Waals surface area contributed by atoms with Gasteiger partial charge in [-0.15, -0.1) is 11.8 Å². The van der Waals surface area contributed by atoms with Crippen LogP contribution in [0.2, 0.25) is 0 Å². The fraction of sp³-hybridized carbons (Fsp3) is 0.674. The second-order valence-electron chi connectivity index (χ2n) is 19.7. The Bertz CT molecular complexity index is 2790. The molecular formula is C46H70N9O24P3S. The number of nitrogen functional groups attached to an aromatic ring is 1. The molecule has 2 saturated heterocycles. The Morgan fingerprint density at radius 2 is 1.46 bits per heavy atom. The first-order valence-electron chi connectivity index (χ1n) is 26.1. The van der Waals surface area contributed by atoms with Gasteiger partial charge >= 0.3 is 23.5 Å². The topological polar surface area (TPSA) is 474 Å². The van der Waals surface area contributed by atoms with Gasteiger partial charge in [0, 0.05) is 94.6 Å². The molecule has 3 aliphatic rings. The van der Waals surface area contributed by atoms with E-state index in [4.69, 9.17) is 29.0 Å². The van der Waals surface area contributed by atoms with Gasteiger partial charge in [0.15, 0.2) is 17.7 Å². The molecule has 8 atom stereocenters. The number of nitrogens with one attached hydrogen (secondary N) is 2. The number of rotatable bonds is 40. The number of hydrogen-bond acceptors (Lipinski definition) is 25. The summed E-state index contributed by atoms with van der Waals surface area (Å²) in [5.74, 6) is -2.75. The van der Waals surface area contributed by atoms with Gasteiger partial charge in [0.05, 0.1) is 44.6 Å². The van der Waals surface area contributed by atoms with Crippen molar-refractivity contribution in [1.29, 1.82) is 0 Å². The van der Waals surface area contributed by atoms with Gasteiger partial charge in [-0.1, -0.05) is 20.3 Å². The average Bonchev–Trinajstić information content (AvgIpc) is 3.39. The first-order chi connectivity index (χ1) is 39.1. The zero-order valence-corrected chi connectivity index (χ0v) is 48.9. The number of likely N-dealkylation sites (tertiary alicyclic amines) is 1. The van der Waals surface area contributed by atoms with Crippen LogP contribution in [0.4, 0.5) is 5.82 Å². The molecule has 0 radical (unpaired) electrons. The van der Waals surface area contributed by atoms with Crippen LogP contribution < -0.4 is 16.4 Å². The molecule has 0 aliphatic carbocycles. The number of phosphoric ester groups is 3. The predicted octanol–water partition coefficient (Wildman–Crippen LogP) is -0.127. The summed E-state index contributed by atoms with van der Waals surface area (Å²) in [4.78, 5) is 152. The number of unbranched alkanes of at least 4 members (excludes halogenated alkanes) is 2. The number of thioether (sulfide) groups is 1. The van der Waals surface area contributed by atoms with E-state index in [-0.39, 0.29) is 117 Å². The number of anilines is 1. The molecule has 464 valence electrons. The summed E-state index contributed by atoms with van der Waals surface area (Å²) in [5, 5.41) is 25.9. The highest BCUT2D eigenvalue weighted by atomic mass is 32.2. The molecule has 6 amide bonds. The second-order valence-corrected chi connectivity index (χ2v) is 25.3. The molecule has 5 rings (SSSR count). The zero-order chi connectivity index (χ0) is 61.1. The highest BCUT2D eigenvalue weighted by Crippen LogP contribution is 2.61. The van der Waals surface area contributed by atoms with Gasteiger partial charge in [0.25, 0.3) is 11.8 Å². The Labute approximate surface area is 479 Å². The number of carbonyl (C=O) groups excluding carboxylic acids is 8. The van der Waals surface area contributed by atoms with Gasteiger partial charge in [-0.05, 0) is 25.7 Å². The number of nitrogens with zero attached hydrogens (tertiary/aromatic N) is 6. The van der Waals surface area contributed by atoms with Crippen LogP contribution in [0.3, 0.4) is 0 Å². The van der Waals surface area contributed by atoms with E-state index >= 15 is 0 Å². The van der Waals surface area contributed by atoms with Crippen LogP contribution in [-0.2, 0) is 84.1 Å². The molecule has 10 N–H and O–H groups in total. The van der Waals surface area contributed by atoms with Crippen molar-refractivity contribution in [1.82, 2.24) is 40.0 Å². The van der Waals surface area contributed by atoms with Crippen LogP contribution in [0.25, 0.3) is 11.2 Å². The first-order valence-corrected chi connectivity index (χ1v) is 31.7. The number of imidazole rings is 1. The summed E-state index contributed by atoms with van der Waals surface area (Å²) in [5.41, 5.74) is 4.18. The predicted molar refractivity (Wildman–Crippen MR) is 286 cm³/mol. The second kappa shape index (κ2) is 32.1. The maximum atomic E-state index is 12.9. The third kappa shape index (κ3) is 22.2. The summed E-state index contributed by atoms with van der Waals surface area (Å²) >= 11 is 1.16. The van der Waals surface area contributed by atoms with Crippen LogP contribution in [-0.4, -0.2) is 207 Å². The Hall–Kier alpha value is -4.83. The molecule has 0 saturated carbocycles. The number of ketones is 2. The summed E-state index contributed by atoms with van der Waals surface area (Å²) in [6.07, 6.45) is -0.822. The van der Waals surface area contributed by atoms with Crippen molar-refractivity contribution in [2.45, 2.75) is 120 Å². The number of nitrogens with two attached hydrogens (primary N) is 1. The molecule has 5 heterocycles. The lowest BCUT2D eigenvalue weighted by Crippen LogP contribution is -2.46. The zero-order valence-electron chi connectivity index (χ0n) is 45.4. The number of aliphatic hydroxyl groups is 2.